The van der Waals surface area contributed by atoms with Gasteiger partial charge in [-0.3, -0.25) is 4.79 Å². The fourth-order valence-corrected chi connectivity index (χ4v) is 2.91. The van der Waals surface area contributed by atoms with E-state index in [4.69, 9.17) is 10.5 Å². The van der Waals surface area contributed by atoms with Crippen molar-refractivity contribution in [2.75, 3.05) is 13.2 Å². The van der Waals surface area contributed by atoms with E-state index < -0.39 is 0 Å². The molecule has 4 heteroatoms. The van der Waals surface area contributed by atoms with Crippen LogP contribution in [0.5, 0.6) is 0 Å². The molecule has 0 bridgehead atoms. The molecule has 0 aliphatic heterocycles. The largest absolute Gasteiger partial charge is 0.376 e. The van der Waals surface area contributed by atoms with Crippen LogP contribution in [0.4, 0.5) is 0 Å². The molecule has 0 radical (unpaired) electrons. The first-order valence-corrected chi connectivity index (χ1v) is 8.44. The van der Waals surface area contributed by atoms with Crippen molar-refractivity contribution < 1.29 is 9.53 Å². The molecule has 0 saturated heterocycles. The van der Waals surface area contributed by atoms with E-state index in [9.17, 15) is 4.79 Å². The fraction of sp³-hybridized carbons (Fsp3) is 0.611. The molecule has 1 saturated carbocycles. The maximum absolute atomic E-state index is 11.9. The minimum absolute atomic E-state index is 0.0131. The predicted molar refractivity (Wildman–Crippen MR) is 88.4 cm³/mol. The summed E-state index contributed by atoms with van der Waals surface area (Å²) in [5, 5.41) is 2.89. The predicted octanol–water partition coefficient (Wildman–Crippen LogP) is 2.93. The van der Waals surface area contributed by atoms with Crippen LogP contribution in [0.2, 0.25) is 0 Å². The molecule has 0 heterocycles. The summed E-state index contributed by atoms with van der Waals surface area (Å²) in [6, 6.07) is 9.48. The van der Waals surface area contributed by atoms with Crippen LogP contribution in [0.1, 0.15) is 56.6 Å². The van der Waals surface area contributed by atoms with E-state index in [0.717, 1.165) is 18.4 Å². The lowest BCUT2D eigenvalue weighted by molar-refractivity contribution is -0.121. The van der Waals surface area contributed by atoms with Crippen LogP contribution in [0.3, 0.4) is 0 Å². The van der Waals surface area contributed by atoms with Crippen molar-refractivity contribution in [3.8, 4) is 0 Å². The second-order valence-corrected chi connectivity index (χ2v) is 6.06. The van der Waals surface area contributed by atoms with E-state index in [0.29, 0.717) is 25.7 Å². The molecule has 2 rings (SSSR count). The minimum atomic E-state index is -0.246. The Morgan fingerprint density at radius 3 is 2.55 bits per heavy atom. The molecule has 22 heavy (non-hydrogen) atoms. The molecule has 3 N–H and O–H groups in total. The third-order valence-corrected chi connectivity index (χ3v) is 4.21. The normalized spacial score (nSPS) is 17.7. The number of nitrogens with one attached hydrogen (secondary N) is 1. The lowest BCUT2D eigenvalue weighted by Gasteiger charge is -2.16. The Hall–Kier alpha value is -1.39. The topological polar surface area (TPSA) is 64.4 Å². The van der Waals surface area contributed by atoms with Crippen LogP contribution in [0.15, 0.2) is 30.3 Å². The van der Waals surface area contributed by atoms with E-state index in [-0.39, 0.29) is 11.9 Å². The van der Waals surface area contributed by atoms with Crippen LogP contribution in [0.25, 0.3) is 0 Å². The van der Waals surface area contributed by atoms with Crippen molar-refractivity contribution in [2.45, 2.75) is 57.1 Å². The van der Waals surface area contributed by atoms with Crippen molar-refractivity contribution in [1.82, 2.24) is 5.32 Å². The third-order valence-electron chi connectivity index (χ3n) is 4.21. The molecule has 0 aromatic heterocycles. The highest BCUT2D eigenvalue weighted by atomic mass is 16.5. The summed E-state index contributed by atoms with van der Waals surface area (Å²) in [5.41, 5.74) is 7.04. The molecule has 122 valence electrons. The average molecular weight is 304 g/mol. The average Bonchev–Trinajstić information content (AvgIpc) is 2.81. The van der Waals surface area contributed by atoms with Gasteiger partial charge in [-0.15, -0.1) is 0 Å². The van der Waals surface area contributed by atoms with Gasteiger partial charge >= 0.3 is 0 Å². The first kappa shape index (κ1) is 17.0. The molecule has 1 aromatic carbocycles. The van der Waals surface area contributed by atoms with Crippen molar-refractivity contribution >= 4 is 5.91 Å². The summed E-state index contributed by atoms with van der Waals surface area (Å²) < 4.78 is 5.86. The molecule has 1 aromatic rings. The summed E-state index contributed by atoms with van der Waals surface area (Å²) in [4.78, 5) is 11.9. The zero-order valence-corrected chi connectivity index (χ0v) is 13.3. The van der Waals surface area contributed by atoms with Gasteiger partial charge in [0.05, 0.1) is 12.7 Å². The number of amides is 1. The number of nitrogens with two attached hydrogens (primary N) is 1. The second-order valence-electron chi connectivity index (χ2n) is 6.06. The van der Waals surface area contributed by atoms with Gasteiger partial charge in [0.15, 0.2) is 0 Å². The van der Waals surface area contributed by atoms with Gasteiger partial charge in [-0.1, -0.05) is 56.0 Å². The highest BCUT2D eigenvalue weighted by molar-refractivity contribution is 5.76. The number of rotatable bonds is 7. The summed E-state index contributed by atoms with van der Waals surface area (Å²) in [6.45, 7) is 1.16. The van der Waals surface area contributed by atoms with Gasteiger partial charge in [0, 0.05) is 19.0 Å². The molecule has 1 aliphatic rings. The summed E-state index contributed by atoms with van der Waals surface area (Å²) >= 11 is 0. The zero-order chi connectivity index (χ0) is 15.6. The van der Waals surface area contributed by atoms with Crippen molar-refractivity contribution in [2.24, 2.45) is 5.73 Å². The van der Waals surface area contributed by atoms with E-state index in [1.165, 1.54) is 25.7 Å². The van der Waals surface area contributed by atoms with Gasteiger partial charge in [-0.2, -0.15) is 0 Å². The van der Waals surface area contributed by atoms with Gasteiger partial charge < -0.3 is 15.8 Å². The molecular formula is C18H28N2O2. The van der Waals surface area contributed by atoms with Gasteiger partial charge in [0.2, 0.25) is 5.91 Å². The van der Waals surface area contributed by atoms with E-state index in [1.807, 2.05) is 30.3 Å². The first-order chi connectivity index (χ1) is 10.8. The van der Waals surface area contributed by atoms with Crippen molar-refractivity contribution in [3.63, 3.8) is 0 Å². The Bertz CT molecular complexity index is 428. The summed E-state index contributed by atoms with van der Waals surface area (Å²) in [6.07, 6.45) is 8.20. The van der Waals surface area contributed by atoms with Crippen LogP contribution in [-0.4, -0.2) is 25.2 Å². The van der Waals surface area contributed by atoms with E-state index in [2.05, 4.69) is 5.32 Å². The highest BCUT2D eigenvalue weighted by Crippen LogP contribution is 2.19. The van der Waals surface area contributed by atoms with Gasteiger partial charge in [-0.05, 0) is 18.4 Å². The number of ether oxygens (including phenoxy) is 1. The maximum Gasteiger partial charge on any atom is 0.221 e. The van der Waals surface area contributed by atoms with Gasteiger partial charge in [0.25, 0.3) is 0 Å². The number of carbonyl (C=O) groups excluding carboxylic acids is 1. The van der Waals surface area contributed by atoms with Gasteiger partial charge in [-0.25, -0.2) is 0 Å². The second kappa shape index (κ2) is 9.59. The standard InChI is InChI=1S/C18H28N2O2/c19-17(15-8-4-3-5-9-15)14-18(21)20-12-13-22-16-10-6-1-2-7-11-16/h3-5,8-9,16-17H,1-2,6-7,10-14,19H2,(H,20,21). The maximum atomic E-state index is 11.9. The molecule has 1 amide bonds. The number of hydrogen-bond donors (Lipinski definition) is 2. The Kier molecular flexibility index (Phi) is 7.40. The lowest BCUT2D eigenvalue weighted by atomic mass is 10.0. The zero-order valence-electron chi connectivity index (χ0n) is 13.3. The SMILES string of the molecule is NC(CC(=O)NCCOC1CCCCCC1)c1ccccc1. The number of benzene rings is 1. The smallest absolute Gasteiger partial charge is 0.221 e. The minimum Gasteiger partial charge on any atom is -0.376 e. The Morgan fingerprint density at radius 2 is 1.86 bits per heavy atom. The quantitative estimate of drug-likeness (QED) is 0.601. The Balaban J connectivity index is 1.59. The molecule has 0 spiro atoms. The van der Waals surface area contributed by atoms with E-state index in [1.54, 1.807) is 0 Å². The van der Waals surface area contributed by atoms with Gasteiger partial charge in [0.1, 0.15) is 0 Å². The highest BCUT2D eigenvalue weighted by Gasteiger charge is 2.13. The molecular weight excluding hydrogens is 276 g/mol. The molecule has 4 nitrogen and oxygen atoms in total. The lowest BCUT2D eigenvalue weighted by Crippen LogP contribution is -2.31. The number of carbonyl (C=O) groups is 1. The van der Waals surface area contributed by atoms with Crippen LogP contribution >= 0.6 is 0 Å². The molecule has 1 fully saturated rings. The molecule has 1 unspecified atom stereocenters. The Labute approximate surface area is 133 Å². The fourth-order valence-electron chi connectivity index (χ4n) is 2.91. The summed E-state index contributed by atoms with van der Waals surface area (Å²) in [5.74, 6) is -0.0131. The molecule has 1 atom stereocenters. The molecule has 1 aliphatic carbocycles. The summed E-state index contributed by atoms with van der Waals surface area (Å²) in [7, 11) is 0. The first-order valence-electron chi connectivity index (χ1n) is 8.44. The van der Waals surface area contributed by atoms with Crippen molar-refractivity contribution in [3.05, 3.63) is 35.9 Å². The van der Waals surface area contributed by atoms with E-state index >= 15 is 0 Å². The van der Waals surface area contributed by atoms with Crippen molar-refractivity contribution in [1.29, 1.82) is 0 Å². The monoisotopic (exact) mass is 304 g/mol. The Morgan fingerprint density at radius 1 is 1.18 bits per heavy atom. The van der Waals surface area contributed by atoms with Crippen LogP contribution in [0, 0.1) is 0 Å². The van der Waals surface area contributed by atoms with Crippen LogP contribution < -0.4 is 11.1 Å². The van der Waals surface area contributed by atoms with Crippen LogP contribution in [-0.2, 0) is 9.53 Å². The third kappa shape index (κ3) is 6.16. The number of hydrogen-bond acceptors (Lipinski definition) is 3.